The van der Waals surface area contributed by atoms with Crippen molar-refractivity contribution < 1.29 is 4.42 Å². The first kappa shape index (κ1) is 11.7. The molecule has 0 aliphatic heterocycles. The molecule has 0 aliphatic rings. The predicted octanol–water partition coefficient (Wildman–Crippen LogP) is 2.38. The Morgan fingerprint density at radius 1 is 1.00 bits per heavy atom. The lowest BCUT2D eigenvalue weighted by Crippen LogP contribution is -1.93. The Balaban J connectivity index is 0.000000720. The first-order valence-corrected chi connectivity index (χ1v) is 3.35. The molecule has 1 aromatic carbocycles. The second kappa shape index (κ2) is 4.64. The summed E-state index contributed by atoms with van der Waals surface area (Å²) in [6.45, 7) is 0. The molecular formula is C9H10ClNO2. The van der Waals surface area contributed by atoms with Crippen molar-refractivity contribution in [3.63, 3.8) is 0 Å². The fraction of sp³-hybridized carbons (Fsp3) is 0. The van der Waals surface area contributed by atoms with Crippen molar-refractivity contribution in [2.24, 2.45) is 0 Å². The van der Waals surface area contributed by atoms with E-state index in [0.717, 1.165) is 5.39 Å². The zero-order valence-electron chi connectivity index (χ0n) is 6.90. The van der Waals surface area contributed by atoms with Gasteiger partial charge < -0.3 is 10.6 Å². The molecule has 0 spiro atoms. The summed E-state index contributed by atoms with van der Waals surface area (Å²) in [6, 6.07) is 10.6. The van der Waals surface area contributed by atoms with Crippen molar-refractivity contribution in [1.29, 1.82) is 0 Å². The molecule has 0 bridgehead atoms. The summed E-state index contributed by atoms with van der Waals surface area (Å²) in [5.74, 6) is 0. The first-order valence-electron chi connectivity index (χ1n) is 3.35. The van der Waals surface area contributed by atoms with E-state index in [9.17, 15) is 4.79 Å². The fourth-order valence-electron chi connectivity index (χ4n) is 1.01. The van der Waals surface area contributed by atoms with E-state index in [4.69, 9.17) is 4.42 Å². The zero-order chi connectivity index (χ0) is 7.68. The van der Waals surface area contributed by atoms with Gasteiger partial charge in [-0.15, -0.1) is 12.4 Å². The number of benzene rings is 1. The summed E-state index contributed by atoms with van der Waals surface area (Å²) in [6.07, 6.45) is 0. The Labute approximate surface area is 81.4 Å². The largest absolute Gasteiger partial charge is 0.423 e. The molecule has 13 heavy (non-hydrogen) atoms. The average molecular weight is 200 g/mol. The number of rotatable bonds is 0. The van der Waals surface area contributed by atoms with Crippen LogP contribution in [0.25, 0.3) is 11.0 Å². The summed E-state index contributed by atoms with van der Waals surface area (Å²) in [7, 11) is 0. The van der Waals surface area contributed by atoms with E-state index < -0.39 is 0 Å². The SMILES string of the molecule is Cl.N.O=c1ccc2ccccc2o1. The molecule has 0 radical (unpaired) electrons. The summed E-state index contributed by atoms with van der Waals surface area (Å²) >= 11 is 0. The van der Waals surface area contributed by atoms with Crippen LogP contribution < -0.4 is 11.8 Å². The summed E-state index contributed by atoms with van der Waals surface area (Å²) in [4.78, 5) is 10.7. The first-order chi connectivity index (χ1) is 5.36. The Hall–Kier alpha value is -1.32. The van der Waals surface area contributed by atoms with E-state index in [0.29, 0.717) is 5.58 Å². The zero-order valence-corrected chi connectivity index (χ0v) is 7.71. The molecule has 0 fully saturated rings. The lowest BCUT2D eigenvalue weighted by atomic mass is 10.2. The minimum Gasteiger partial charge on any atom is -0.423 e. The predicted molar refractivity (Wildman–Crippen MR) is 54.8 cm³/mol. The molecule has 0 unspecified atom stereocenters. The number of fused-ring (bicyclic) bond motifs is 1. The van der Waals surface area contributed by atoms with Gasteiger partial charge in [0.05, 0.1) is 0 Å². The lowest BCUT2D eigenvalue weighted by Gasteiger charge is -1.91. The van der Waals surface area contributed by atoms with Crippen LogP contribution in [0.15, 0.2) is 45.6 Å². The van der Waals surface area contributed by atoms with Crippen molar-refractivity contribution in [2.75, 3.05) is 0 Å². The number of hydrogen-bond donors (Lipinski definition) is 1. The van der Waals surface area contributed by atoms with Crippen LogP contribution in [0.4, 0.5) is 0 Å². The van der Waals surface area contributed by atoms with Gasteiger partial charge in [0.2, 0.25) is 0 Å². The van der Waals surface area contributed by atoms with Crippen molar-refractivity contribution in [2.45, 2.75) is 0 Å². The van der Waals surface area contributed by atoms with Gasteiger partial charge in [0, 0.05) is 11.5 Å². The number of halogens is 1. The molecule has 1 aromatic heterocycles. The van der Waals surface area contributed by atoms with Crippen molar-refractivity contribution in [1.82, 2.24) is 6.15 Å². The molecular weight excluding hydrogens is 190 g/mol. The topological polar surface area (TPSA) is 65.2 Å². The third kappa shape index (κ3) is 2.31. The summed E-state index contributed by atoms with van der Waals surface area (Å²) in [5.41, 5.74) is 0.337. The second-order valence-electron chi connectivity index (χ2n) is 2.29. The van der Waals surface area contributed by atoms with E-state index in [2.05, 4.69) is 0 Å². The Kier molecular flexibility index (Phi) is 4.17. The minimum atomic E-state index is -0.302. The van der Waals surface area contributed by atoms with Crippen molar-refractivity contribution in [3.05, 3.63) is 46.8 Å². The fourth-order valence-corrected chi connectivity index (χ4v) is 1.01. The van der Waals surface area contributed by atoms with Gasteiger partial charge in [-0.25, -0.2) is 4.79 Å². The molecule has 0 aliphatic carbocycles. The van der Waals surface area contributed by atoms with Crippen LogP contribution in [0, 0.1) is 0 Å². The van der Waals surface area contributed by atoms with Crippen LogP contribution in [0.2, 0.25) is 0 Å². The molecule has 0 saturated carbocycles. The molecule has 3 nitrogen and oxygen atoms in total. The molecule has 70 valence electrons. The normalized spacial score (nSPS) is 8.62. The molecule has 2 aromatic rings. The summed E-state index contributed by atoms with van der Waals surface area (Å²) < 4.78 is 4.91. The molecule has 2 rings (SSSR count). The molecule has 1 heterocycles. The van der Waals surface area contributed by atoms with Gasteiger partial charge in [-0.2, -0.15) is 0 Å². The van der Waals surface area contributed by atoms with Gasteiger partial charge in [-0.05, 0) is 12.1 Å². The van der Waals surface area contributed by atoms with Gasteiger partial charge in [0.1, 0.15) is 5.58 Å². The third-order valence-electron chi connectivity index (χ3n) is 1.53. The van der Waals surface area contributed by atoms with Crippen molar-refractivity contribution in [3.8, 4) is 0 Å². The van der Waals surface area contributed by atoms with Crippen LogP contribution >= 0.6 is 12.4 Å². The van der Waals surface area contributed by atoms with Gasteiger partial charge in [0.15, 0.2) is 0 Å². The van der Waals surface area contributed by atoms with Crippen LogP contribution in [-0.2, 0) is 0 Å². The maximum atomic E-state index is 10.7. The van der Waals surface area contributed by atoms with Crippen molar-refractivity contribution >= 4 is 23.4 Å². The number of para-hydroxylation sites is 1. The van der Waals surface area contributed by atoms with Crippen LogP contribution in [-0.4, -0.2) is 0 Å². The number of hydrogen-bond acceptors (Lipinski definition) is 3. The second-order valence-corrected chi connectivity index (χ2v) is 2.29. The highest BCUT2D eigenvalue weighted by Crippen LogP contribution is 2.08. The van der Waals surface area contributed by atoms with Gasteiger partial charge >= 0.3 is 5.63 Å². The Morgan fingerprint density at radius 3 is 2.46 bits per heavy atom. The highest BCUT2D eigenvalue weighted by molar-refractivity contribution is 5.85. The van der Waals surface area contributed by atoms with E-state index >= 15 is 0 Å². The Bertz CT molecular complexity index is 439. The smallest absolute Gasteiger partial charge is 0.336 e. The van der Waals surface area contributed by atoms with E-state index in [1.165, 1.54) is 6.07 Å². The van der Waals surface area contributed by atoms with Gasteiger partial charge in [-0.3, -0.25) is 0 Å². The van der Waals surface area contributed by atoms with E-state index in [1.807, 2.05) is 18.2 Å². The summed E-state index contributed by atoms with van der Waals surface area (Å²) in [5, 5.41) is 0.951. The van der Waals surface area contributed by atoms with Crippen LogP contribution in [0.1, 0.15) is 0 Å². The van der Waals surface area contributed by atoms with Crippen LogP contribution in [0.5, 0.6) is 0 Å². The minimum absolute atomic E-state index is 0. The molecule has 0 amide bonds. The van der Waals surface area contributed by atoms with Crippen LogP contribution in [0.3, 0.4) is 0 Å². The lowest BCUT2D eigenvalue weighted by molar-refractivity contribution is 0.561. The average Bonchev–Trinajstić information content (AvgIpc) is 2.04. The quantitative estimate of drug-likeness (QED) is 0.663. The molecule has 0 atom stereocenters. The molecule has 4 heteroatoms. The monoisotopic (exact) mass is 199 g/mol. The van der Waals surface area contributed by atoms with E-state index in [1.54, 1.807) is 12.1 Å². The highest BCUT2D eigenvalue weighted by Gasteiger charge is 1.92. The molecule has 0 saturated heterocycles. The van der Waals surface area contributed by atoms with E-state index in [-0.39, 0.29) is 24.2 Å². The molecule has 3 N–H and O–H groups in total. The highest BCUT2D eigenvalue weighted by atomic mass is 35.5. The maximum Gasteiger partial charge on any atom is 0.336 e. The third-order valence-corrected chi connectivity index (χ3v) is 1.53. The van der Waals surface area contributed by atoms with Gasteiger partial charge in [0.25, 0.3) is 0 Å². The Morgan fingerprint density at radius 2 is 1.69 bits per heavy atom. The standard InChI is InChI=1S/C9H6O2.ClH.H3N/c10-9-6-5-7-3-1-2-4-8(7)11-9;;/h1-6H;1H;1H3. The maximum absolute atomic E-state index is 10.7. The van der Waals surface area contributed by atoms with Gasteiger partial charge in [-0.1, -0.05) is 18.2 Å².